The maximum atomic E-state index is 5.35. The molecule has 82 valence electrons. The third kappa shape index (κ3) is 3.45. The van der Waals surface area contributed by atoms with Gasteiger partial charge in [-0.05, 0) is 30.5 Å². The lowest BCUT2D eigenvalue weighted by atomic mass is 10.1. The fourth-order valence-electron chi connectivity index (χ4n) is 1.75. The summed E-state index contributed by atoms with van der Waals surface area (Å²) >= 11 is 5.35. The smallest absolute Gasteiger partial charge is 0.168 e. The van der Waals surface area contributed by atoms with Gasteiger partial charge in [-0.25, -0.2) is 0 Å². The Balaban J connectivity index is 2.25. The van der Waals surface area contributed by atoms with Crippen LogP contribution in [0.25, 0.3) is 0 Å². The van der Waals surface area contributed by atoms with Gasteiger partial charge in [0.15, 0.2) is 5.11 Å². The first-order valence-corrected chi connectivity index (χ1v) is 6.07. The molecule has 1 aliphatic rings. The minimum Gasteiger partial charge on any atom is -0.362 e. The topological polar surface area (TPSA) is 15.3 Å². The van der Waals surface area contributed by atoms with E-state index in [2.05, 4.69) is 31.0 Å². The average Bonchev–Trinajstić information content (AvgIpc) is 2.62. The van der Waals surface area contributed by atoms with Crippen molar-refractivity contribution in [1.29, 1.82) is 0 Å². The summed E-state index contributed by atoms with van der Waals surface area (Å²) in [6.45, 7) is 9.95. The molecule has 0 radical (unpaired) electrons. The Morgan fingerprint density at radius 2 is 2.29 bits per heavy atom. The minimum atomic E-state index is 0.664. The van der Waals surface area contributed by atoms with Crippen molar-refractivity contribution in [1.82, 2.24) is 10.2 Å². The van der Waals surface area contributed by atoms with E-state index in [0.717, 1.165) is 30.7 Å². The molecular weight excluding hydrogens is 192 g/mol. The number of nitrogens with zero attached hydrogens (tertiary/aromatic N) is 1. The highest BCUT2D eigenvalue weighted by molar-refractivity contribution is 7.80. The van der Waals surface area contributed by atoms with E-state index >= 15 is 0 Å². The van der Waals surface area contributed by atoms with Gasteiger partial charge in [-0.1, -0.05) is 27.2 Å². The van der Waals surface area contributed by atoms with Crippen LogP contribution in [0.4, 0.5) is 0 Å². The van der Waals surface area contributed by atoms with Crippen molar-refractivity contribution in [2.45, 2.75) is 33.6 Å². The van der Waals surface area contributed by atoms with Crippen LogP contribution in [-0.4, -0.2) is 29.6 Å². The number of likely N-dealkylation sites (tertiary alicyclic amines) is 1. The Morgan fingerprint density at radius 1 is 1.57 bits per heavy atom. The highest BCUT2D eigenvalue weighted by atomic mass is 32.1. The molecule has 0 bridgehead atoms. The molecule has 1 atom stereocenters. The molecule has 1 rings (SSSR count). The Kier molecular flexibility index (Phi) is 4.66. The maximum Gasteiger partial charge on any atom is 0.168 e. The van der Waals surface area contributed by atoms with Gasteiger partial charge in [0.25, 0.3) is 0 Å². The molecule has 0 spiro atoms. The molecule has 1 heterocycles. The second-order valence-electron chi connectivity index (χ2n) is 4.59. The number of thiocarbonyl (C=S) groups is 1. The zero-order chi connectivity index (χ0) is 10.6. The normalized spacial score (nSPS) is 21.7. The van der Waals surface area contributed by atoms with Crippen LogP contribution in [0, 0.1) is 11.8 Å². The van der Waals surface area contributed by atoms with E-state index in [1.165, 1.54) is 12.8 Å². The highest BCUT2D eigenvalue weighted by Crippen LogP contribution is 2.18. The van der Waals surface area contributed by atoms with Gasteiger partial charge < -0.3 is 10.2 Å². The molecule has 0 aliphatic carbocycles. The molecule has 1 saturated heterocycles. The predicted octanol–water partition coefficient (Wildman–Crippen LogP) is 2.25. The van der Waals surface area contributed by atoms with E-state index < -0.39 is 0 Å². The molecular formula is C11H22N2S. The lowest BCUT2D eigenvalue weighted by molar-refractivity contribution is 0.459. The van der Waals surface area contributed by atoms with E-state index in [4.69, 9.17) is 12.2 Å². The summed E-state index contributed by atoms with van der Waals surface area (Å²) in [4.78, 5) is 2.31. The second kappa shape index (κ2) is 5.54. The van der Waals surface area contributed by atoms with Crippen LogP contribution in [0.1, 0.15) is 33.6 Å². The number of hydrogen-bond donors (Lipinski definition) is 1. The first kappa shape index (κ1) is 11.8. The first-order valence-electron chi connectivity index (χ1n) is 5.66. The van der Waals surface area contributed by atoms with Crippen LogP contribution in [0.3, 0.4) is 0 Å². The lowest BCUT2D eigenvalue weighted by Gasteiger charge is -2.21. The van der Waals surface area contributed by atoms with Crippen molar-refractivity contribution in [2.75, 3.05) is 19.6 Å². The lowest BCUT2D eigenvalue weighted by Crippen LogP contribution is -2.39. The quantitative estimate of drug-likeness (QED) is 0.725. The Labute approximate surface area is 93.1 Å². The third-order valence-corrected chi connectivity index (χ3v) is 3.21. The van der Waals surface area contributed by atoms with Crippen molar-refractivity contribution in [3.05, 3.63) is 0 Å². The zero-order valence-corrected chi connectivity index (χ0v) is 10.4. The van der Waals surface area contributed by atoms with E-state index in [0.29, 0.717) is 5.92 Å². The van der Waals surface area contributed by atoms with Crippen molar-refractivity contribution in [3.63, 3.8) is 0 Å². The van der Waals surface area contributed by atoms with E-state index in [9.17, 15) is 0 Å². The van der Waals surface area contributed by atoms with E-state index in [1.54, 1.807) is 0 Å². The van der Waals surface area contributed by atoms with Gasteiger partial charge >= 0.3 is 0 Å². The fourth-order valence-corrected chi connectivity index (χ4v) is 2.00. The summed E-state index contributed by atoms with van der Waals surface area (Å²) in [5.41, 5.74) is 0. The summed E-state index contributed by atoms with van der Waals surface area (Å²) in [5, 5.41) is 4.28. The van der Waals surface area contributed by atoms with Gasteiger partial charge in [0.05, 0.1) is 0 Å². The monoisotopic (exact) mass is 214 g/mol. The zero-order valence-electron chi connectivity index (χ0n) is 9.55. The van der Waals surface area contributed by atoms with Crippen molar-refractivity contribution in [2.24, 2.45) is 11.8 Å². The first-order chi connectivity index (χ1) is 6.63. The molecule has 0 saturated carbocycles. The highest BCUT2D eigenvalue weighted by Gasteiger charge is 2.22. The van der Waals surface area contributed by atoms with Gasteiger partial charge in [-0.3, -0.25) is 0 Å². The molecule has 3 heteroatoms. The Morgan fingerprint density at radius 3 is 2.79 bits per heavy atom. The van der Waals surface area contributed by atoms with Crippen LogP contribution in [0.15, 0.2) is 0 Å². The summed E-state index contributed by atoms with van der Waals surface area (Å²) in [5.74, 6) is 1.52. The van der Waals surface area contributed by atoms with Crippen LogP contribution in [0.2, 0.25) is 0 Å². The average molecular weight is 214 g/mol. The summed E-state index contributed by atoms with van der Waals surface area (Å²) in [7, 11) is 0. The largest absolute Gasteiger partial charge is 0.362 e. The molecule has 0 aromatic carbocycles. The van der Waals surface area contributed by atoms with Crippen molar-refractivity contribution < 1.29 is 0 Å². The predicted molar refractivity (Wildman–Crippen MR) is 65.4 cm³/mol. The minimum absolute atomic E-state index is 0.664. The number of hydrogen-bond acceptors (Lipinski definition) is 1. The summed E-state index contributed by atoms with van der Waals surface area (Å²) in [6, 6.07) is 0. The fraction of sp³-hybridized carbons (Fsp3) is 0.909. The van der Waals surface area contributed by atoms with Crippen molar-refractivity contribution >= 4 is 17.3 Å². The van der Waals surface area contributed by atoms with E-state index in [1.807, 2.05) is 0 Å². The van der Waals surface area contributed by atoms with Gasteiger partial charge in [-0.2, -0.15) is 0 Å². The van der Waals surface area contributed by atoms with E-state index in [-0.39, 0.29) is 0 Å². The van der Waals surface area contributed by atoms with Gasteiger partial charge in [0, 0.05) is 19.6 Å². The van der Waals surface area contributed by atoms with Gasteiger partial charge in [-0.15, -0.1) is 0 Å². The SMILES string of the molecule is CCC1CCN(C(=S)NCC(C)C)C1. The summed E-state index contributed by atoms with van der Waals surface area (Å²) < 4.78 is 0. The van der Waals surface area contributed by atoms with Crippen LogP contribution in [-0.2, 0) is 0 Å². The number of rotatable bonds is 3. The van der Waals surface area contributed by atoms with Crippen molar-refractivity contribution in [3.8, 4) is 0 Å². The van der Waals surface area contributed by atoms with Gasteiger partial charge in [0.2, 0.25) is 0 Å². The molecule has 0 amide bonds. The maximum absolute atomic E-state index is 5.35. The van der Waals surface area contributed by atoms with Crippen LogP contribution >= 0.6 is 12.2 Å². The molecule has 0 aromatic heterocycles. The molecule has 1 fully saturated rings. The molecule has 2 nitrogen and oxygen atoms in total. The Bertz CT molecular complexity index is 192. The third-order valence-electron chi connectivity index (χ3n) is 2.81. The molecule has 1 N–H and O–H groups in total. The number of nitrogens with one attached hydrogen (secondary N) is 1. The Hall–Kier alpha value is -0.310. The van der Waals surface area contributed by atoms with Gasteiger partial charge in [0.1, 0.15) is 0 Å². The standard InChI is InChI=1S/C11H22N2S/c1-4-10-5-6-13(8-10)11(14)12-7-9(2)3/h9-10H,4-8H2,1-3H3,(H,12,14). The molecule has 0 aromatic rings. The molecule has 1 unspecified atom stereocenters. The molecule has 14 heavy (non-hydrogen) atoms. The molecule has 1 aliphatic heterocycles. The second-order valence-corrected chi connectivity index (χ2v) is 4.98. The van der Waals surface area contributed by atoms with Crippen LogP contribution < -0.4 is 5.32 Å². The summed E-state index contributed by atoms with van der Waals surface area (Å²) in [6.07, 6.45) is 2.59. The van der Waals surface area contributed by atoms with Crippen LogP contribution in [0.5, 0.6) is 0 Å².